The summed E-state index contributed by atoms with van der Waals surface area (Å²) in [6.07, 6.45) is 3.36. The van der Waals surface area contributed by atoms with Crippen molar-refractivity contribution in [2.45, 2.75) is 13.5 Å². The van der Waals surface area contributed by atoms with Gasteiger partial charge in [-0.2, -0.15) is 4.98 Å². The number of aryl methyl sites for hydroxylation is 1. The number of amides is 1. The lowest BCUT2D eigenvalue weighted by Crippen LogP contribution is -2.47. The van der Waals surface area contributed by atoms with Crippen LogP contribution in [0.25, 0.3) is 17.5 Å². The molecule has 0 radical (unpaired) electrons. The molecular formula is C25H28N4O4. The zero-order chi connectivity index (χ0) is 23.2. The van der Waals surface area contributed by atoms with E-state index in [1.165, 1.54) is 5.56 Å². The van der Waals surface area contributed by atoms with Gasteiger partial charge in [-0.1, -0.05) is 35.0 Å². The Morgan fingerprint density at radius 3 is 2.52 bits per heavy atom. The molecular weight excluding hydrogens is 420 g/mol. The minimum absolute atomic E-state index is 0.0213. The van der Waals surface area contributed by atoms with Crippen molar-refractivity contribution in [3.05, 3.63) is 65.6 Å². The van der Waals surface area contributed by atoms with Crippen molar-refractivity contribution in [1.29, 1.82) is 0 Å². The Bertz CT molecular complexity index is 1120. The lowest BCUT2D eigenvalue weighted by molar-refractivity contribution is -0.127. The first-order valence-corrected chi connectivity index (χ1v) is 10.9. The van der Waals surface area contributed by atoms with Crippen molar-refractivity contribution in [3.63, 3.8) is 0 Å². The van der Waals surface area contributed by atoms with E-state index in [4.69, 9.17) is 14.0 Å². The highest BCUT2D eigenvalue weighted by atomic mass is 16.5. The molecule has 1 aliphatic heterocycles. The van der Waals surface area contributed by atoms with Gasteiger partial charge >= 0.3 is 0 Å². The Kier molecular flexibility index (Phi) is 7.04. The number of benzene rings is 2. The van der Waals surface area contributed by atoms with Crippen LogP contribution in [0.4, 0.5) is 0 Å². The van der Waals surface area contributed by atoms with Gasteiger partial charge in [0.05, 0.1) is 20.8 Å². The van der Waals surface area contributed by atoms with Crippen molar-refractivity contribution in [3.8, 4) is 22.9 Å². The SMILES string of the molecule is COc1ccc(C=CC(=O)N2CCN(Cc3nc(-c4ccc(C)cc4)no3)CC2)c(OC)c1. The normalized spacial score (nSPS) is 14.6. The first-order chi connectivity index (χ1) is 16.1. The standard InChI is InChI=1S/C25H28N4O4/c1-18-4-6-20(7-5-18)25-26-23(33-27-25)17-28-12-14-29(15-13-28)24(30)11-9-19-8-10-21(31-2)16-22(19)32-3/h4-11,16H,12-15,17H2,1-3H3. The smallest absolute Gasteiger partial charge is 0.246 e. The zero-order valence-corrected chi connectivity index (χ0v) is 19.2. The summed E-state index contributed by atoms with van der Waals surface area (Å²) in [4.78, 5) is 21.2. The van der Waals surface area contributed by atoms with Crippen molar-refractivity contribution in [1.82, 2.24) is 19.9 Å². The van der Waals surface area contributed by atoms with Crippen LogP contribution in [-0.4, -0.2) is 66.2 Å². The Labute approximate surface area is 193 Å². The summed E-state index contributed by atoms with van der Waals surface area (Å²) in [5, 5.41) is 4.10. The zero-order valence-electron chi connectivity index (χ0n) is 19.2. The van der Waals surface area contributed by atoms with Gasteiger partial charge in [0.1, 0.15) is 11.5 Å². The third kappa shape index (κ3) is 5.59. The van der Waals surface area contributed by atoms with Crippen LogP contribution in [-0.2, 0) is 11.3 Å². The maximum absolute atomic E-state index is 12.7. The van der Waals surface area contributed by atoms with E-state index in [9.17, 15) is 4.79 Å². The van der Waals surface area contributed by atoms with E-state index in [-0.39, 0.29) is 5.91 Å². The molecule has 33 heavy (non-hydrogen) atoms. The fourth-order valence-corrected chi connectivity index (χ4v) is 3.68. The van der Waals surface area contributed by atoms with Crippen LogP contribution in [0, 0.1) is 6.92 Å². The summed E-state index contributed by atoms with van der Waals surface area (Å²) in [5.41, 5.74) is 2.95. The molecule has 3 aromatic rings. The first-order valence-electron chi connectivity index (χ1n) is 10.9. The lowest BCUT2D eigenvalue weighted by Gasteiger charge is -2.33. The van der Waals surface area contributed by atoms with Gasteiger partial charge in [-0.05, 0) is 25.1 Å². The molecule has 1 saturated heterocycles. The molecule has 0 saturated carbocycles. The van der Waals surface area contributed by atoms with E-state index in [0.717, 1.165) is 24.2 Å². The largest absolute Gasteiger partial charge is 0.497 e. The Morgan fingerprint density at radius 2 is 1.82 bits per heavy atom. The van der Waals surface area contributed by atoms with E-state index in [1.807, 2.05) is 48.2 Å². The third-order valence-electron chi connectivity index (χ3n) is 5.67. The molecule has 1 fully saturated rings. The minimum atomic E-state index is -0.0213. The molecule has 172 valence electrons. The lowest BCUT2D eigenvalue weighted by atomic mass is 10.1. The minimum Gasteiger partial charge on any atom is -0.497 e. The van der Waals surface area contributed by atoms with E-state index in [0.29, 0.717) is 42.8 Å². The molecule has 8 heteroatoms. The second-order valence-corrected chi connectivity index (χ2v) is 7.92. The Balaban J connectivity index is 1.30. The van der Waals surface area contributed by atoms with Gasteiger partial charge in [0.15, 0.2) is 0 Å². The van der Waals surface area contributed by atoms with Gasteiger partial charge in [0.25, 0.3) is 0 Å². The van der Waals surface area contributed by atoms with Gasteiger partial charge in [-0.3, -0.25) is 9.69 Å². The number of carbonyl (C=O) groups is 1. The van der Waals surface area contributed by atoms with E-state index < -0.39 is 0 Å². The van der Waals surface area contributed by atoms with Crippen LogP contribution < -0.4 is 9.47 Å². The highest BCUT2D eigenvalue weighted by Gasteiger charge is 2.21. The van der Waals surface area contributed by atoms with Gasteiger partial charge in [0, 0.05) is 49.4 Å². The molecule has 2 heterocycles. The molecule has 2 aromatic carbocycles. The molecule has 0 N–H and O–H groups in total. The molecule has 1 aromatic heterocycles. The fourth-order valence-electron chi connectivity index (χ4n) is 3.68. The van der Waals surface area contributed by atoms with E-state index in [1.54, 1.807) is 32.4 Å². The average Bonchev–Trinajstić information content (AvgIpc) is 3.31. The van der Waals surface area contributed by atoms with Crippen LogP contribution in [0.5, 0.6) is 11.5 Å². The van der Waals surface area contributed by atoms with Crippen molar-refractivity contribution in [2.75, 3.05) is 40.4 Å². The predicted octanol–water partition coefficient (Wildman–Crippen LogP) is 3.42. The number of carbonyl (C=O) groups excluding carboxylic acids is 1. The third-order valence-corrected chi connectivity index (χ3v) is 5.67. The molecule has 1 amide bonds. The van der Waals surface area contributed by atoms with Crippen LogP contribution in [0.3, 0.4) is 0 Å². The summed E-state index contributed by atoms with van der Waals surface area (Å²) in [7, 11) is 3.20. The van der Waals surface area contributed by atoms with Crippen molar-refractivity contribution >= 4 is 12.0 Å². The summed E-state index contributed by atoms with van der Waals surface area (Å²) in [6.45, 7) is 5.38. The van der Waals surface area contributed by atoms with E-state index in [2.05, 4.69) is 15.0 Å². The quantitative estimate of drug-likeness (QED) is 0.512. The van der Waals surface area contributed by atoms with Gasteiger partial charge in [-0.25, -0.2) is 0 Å². The van der Waals surface area contributed by atoms with Gasteiger partial charge < -0.3 is 18.9 Å². The predicted molar refractivity (Wildman–Crippen MR) is 125 cm³/mol. The van der Waals surface area contributed by atoms with Gasteiger partial charge in [-0.15, -0.1) is 0 Å². The average molecular weight is 449 g/mol. The first kappa shape index (κ1) is 22.5. The molecule has 0 spiro atoms. The number of rotatable bonds is 7. The highest BCUT2D eigenvalue weighted by Crippen LogP contribution is 2.25. The van der Waals surface area contributed by atoms with Crippen LogP contribution in [0.15, 0.2) is 53.1 Å². The van der Waals surface area contributed by atoms with Crippen molar-refractivity contribution in [2.24, 2.45) is 0 Å². The molecule has 0 aliphatic carbocycles. The molecule has 1 aliphatic rings. The molecule has 0 atom stereocenters. The summed E-state index contributed by atoms with van der Waals surface area (Å²) in [5.74, 6) is 2.52. The number of methoxy groups -OCH3 is 2. The number of nitrogens with zero attached hydrogens (tertiary/aromatic N) is 4. The maximum atomic E-state index is 12.7. The number of ether oxygens (including phenoxy) is 2. The molecule has 8 nitrogen and oxygen atoms in total. The van der Waals surface area contributed by atoms with Crippen LogP contribution >= 0.6 is 0 Å². The summed E-state index contributed by atoms with van der Waals surface area (Å²) in [6, 6.07) is 13.5. The Hall–Kier alpha value is -3.65. The molecule has 0 unspecified atom stereocenters. The van der Waals surface area contributed by atoms with Gasteiger partial charge in [0.2, 0.25) is 17.6 Å². The topological polar surface area (TPSA) is 80.9 Å². The second-order valence-electron chi connectivity index (χ2n) is 7.92. The number of hydrogen-bond acceptors (Lipinski definition) is 7. The summed E-state index contributed by atoms with van der Waals surface area (Å²) < 4.78 is 16.0. The Morgan fingerprint density at radius 1 is 1.06 bits per heavy atom. The summed E-state index contributed by atoms with van der Waals surface area (Å²) >= 11 is 0. The van der Waals surface area contributed by atoms with Crippen molar-refractivity contribution < 1.29 is 18.8 Å². The molecule has 0 bridgehead atoms. The fraction of sp³-hybridized carbons (Fsp3) is 0.320. The van der Waals surface area contributed by atoms with E-state index >= 15 is 0 Å². The maximum Gasteiger partial charge on any atom is 0.246 e. The number of piperazine rings is 1. The number of hydrogen-bond donors (Lipinski definition) is 0. The number of aromatic nitrogens is 2. The van der Waals surface area contributed by atoms with Crippen LogP contribution in [0.2, 0.25) is 0 Å². The monoisotopic (exact) mass is 448 g/mol. The van der Waals surface area contributed by atoms with Crippen LogP contribution in [0.1, 0.15) is 17.0 Å². The molecule has 4 rings (SSSR count). The second kappa shape index (κ2) is 10.3. The highest BCUT2D eigenvalue weighted by molar-refractivity contribution is 5.92.